The lowest BCUT2D eigenvalue weighted by molar-refractivity contribution is -0.412. The Morgan fingerprint density at radius 1 is 0.969 bits per heavy atom. The average molecular weight is 899 g/mol. The maximum atomic E-state index is 14.8. The highest BCUT2D eigenvalue weighted by molar-refractivity contribution is 6.24. The minimum absolute atomic E-state index is 0.00469. The summed E-state index contributed by atoms with van der Waals surface area (Å²) < 4.78 is 35.5. The number of carbonyl (C=O) groups excluding carboxylic acids is 6. The fraction of sp³-hybridized carbons (Fsp3) is 0.511. The molecule has 4 N–H and O–H groups in total. The third-order valence-electron chi connectivity index (χ3n) is 13.7. The van der Waals surface area contributed by atoms with Gasteiger partial charge in [0.05, 0.1) is 23.3 Å². The van der Waals surface area contributed by atoms with E-state index < -0.39 is 36.1 Å². The number of hydrazine groups is 1. The SMILES string of the molecule is C[NH+]=C/C(=C\N)c1cc2c(cc1C(F)F)N(C1C3=C(CCN(C(C)=O)C3)N(C3CCN(C(=O)CCCCCOc4cccc5c4C(=O)N(C4CCC(=O)NC4=O)C5=O)CC3)N1C)CCC2. The van der Waals surface area contributed by atoms with Gasteiger partial charge in [-0.3, -0.25) is 44.0 Å². The van der Waals surface area contributed by atoms with Crippen LogP contribution in [0.4, 0.5) is 14.5 Å². The van der Waals surface area contributed by atoms with Crippen molar-refractivity contribution >= 4 is 52.9 Å². The molecule has 18 heteroatoms. The fourth-order valence-corrected chi connectivity index (χ4v) is 10.5. The number of nitrogens with one attached hydrogen (secondary N) is 2. The third-order valence-corrected chi connectivity index (χ3v) is 13.7. The van der Waals surface area contributed by atoms with Crippen LogP contribution >= 0.6 is 0 Å². The van der Waals surface area contributed by atoms with Gasteiger partial charge in [0.25, 0.3) is 18.2 Å². The van der Waals surface area contributed by atoms with Crippen LogP contribution in [-0.4, -0.2) is 138 Å². The van der Waals surface area contributed by atoms with Gasteiger partial charge < -0.3 is 30.2 Å². The number of unbranched alkanes of at least 4 members (excludes halogenated alkanes) is 2. The number of rotatable bonds is 13. The number of fused-ring (bicyclic) bond motifs is 2. The molecule has 6 aliphatic heterocycles. The molecule has 0 radical (unpaired) electrons. The number of imide groups is 2. The first-order valence-electron chi connectivity index (χ1n) is 22.7. The minimum Gasteiger partial charge on any atom is -0.493 e. The van der Waals surface area contributed by atoms with Crippen LogP contribution in [0.2, 0.25) is 0 Å². The number of nitrogens with zero attached hydrogens (tertiary/aromatic N) is 6. The summed E-state index contributed by atoms with van der Waals surface area (Å²) in [6.07, 6.45) is 6.17. The van der Waals surface area contributed by atoms with Gasteiger partial charge in [-0.25, -0.2) is 8.78 Å². The molecule has 2 saturated heterocycles. The van der Waals surface area contributed by atoms with Gasteiger partial charge in [-0.2, -0.15) is 5.01 Å². The van der Waals surface area contributed by atoms with Crippen molar-refractivity contribution in [2.24, 2.45) is 5.73 Å². The van der Waals surface area contributed by atoms with Crippen LogP contribution in [0.1, 0.15) is 115 Å². The molecule has 2 unspecified atom stereocenters. The number of aryl methyl sites for hydroxylation is 1. The molecule has 346 valence electrons. The van der Waals surface area contributed by atoms with E-state index in [0.29, 0.717) is 76.0 Å². The van der Waals surface area contributed by atoms with E-state index in [-0.39, 0.29) is 65.9 Å². The summed E-state index contributed by atoms with van der Waals surface area (Å²) >= 11 is 0. The highest BCUT2D eigenvalue weighted by Crippen LogP contribution is 2.44. The predicted octanol–water partition coefficient (Wildman–Crippen LogP) is 2.48. The number of likely N-dealkylation sites (N-methyl/N-ethyl adjacent to an activating group) is 1. The smallest absolute Gasteiger partial charge is 0.266 e. The minimum atomic E-state index is -2.72. The number of anilines is 1. The molecule has 16 nitrogen and oxygen atoms in total. The molecule has 0 saturated carbocycles. The summed E-state index contributed by atoms with van der Waals surface area (Å²) in [5.41, 5.74) is 11.0. The van der Waals surface area contributed by atoms with Gasteiger partial charge in [-0.15, -0.1) is 0 Å². The molecule has 0 aromatic heterocycles. The second-order valence-electron chi connectivity index (χ2n) is 17.6. The molecule has 0 spiro atoms. The number of hydrogen-bond acceptors (Lipinski definition) is 11. The Kier molecular flexibility index (Phi) is 13.4. The molecule has 0 bridgehead atoms. The lowest BCUT2D eigenvalue weighted by atomic mass is 9.91. The fourth-order valence-electron chi connectivity index (χ4n) is 10.5. The van der Waals surface area contributed by atoms with Crippen molar-refractivity contribution in [2.45, 2.75) is 102 Å². The van der Waals surface area contributed by atoms with E-state index in [4.69, 9.17) is 10.5 Å². The van der Waals surface area contributed by atoms with Crippen molar-refractivity contribution in [1.29, 1.82) is 0 Å². The summed E-state index contributed by atoms with van der Waals surface area (Å²) in [4.78, 5) is 86.7. The van der Waals surface area contributed by atoms with Crippen molar-refractivity contribution in [2.75, 3.05) is 58.3 Å². The molecular weight excluding hydrogens is 841 g/mol. The van der Waals surface area contributed by atoms with Crippen LogP contribution in [0.3, 0.4) is 0 Å². The number of benzene rings is 2. The Hall–Kier alpha value is -6.17. The van der Waals surface area contributed by atoms with E-state index in [1.165, 1.54) is 18.0 Å². The van der Waals surface area contributed by atoms with Gasteiger partial charge in [0.15, 0.2) is 6.21 Å². The lowest BCUT2D eigenvalue weighted by Crippen LogP contribution is -2.63. The van der Waals surface area contributed by atoms with Gasteiger partial charge in [-0.1, -0.05) is 6.07 Å². The Balaban J connectivity index is 0.872. The predicted molar refractivity (Wildman–Crippen MR) is 236 cm³/mol. The maximum absolute atomic E-state index is 14.8. The number of halogens is 2. The molecule has 6 amide bonds. The van der Waals surface area contributed by atoms with Gasteiger partial charge in [0.2, 0.25) is 23.6 Å². The summed E-state index contributed by atoms with van der Waals surface area (Å²) in [5.74, 6) is -1.99. The standard InChI is InChI=1S/C47H57F2N9O7/c1-28(59)55-21-17-36-35(27-55)45(56-18-8-9-29-23-33(30(25-50)26-51-2)34(43(48)49)24-38(29)56)53(3)58(36)31-15-19-54(20-16-31)41(61)12-5-4-6-22-65-39-11-7-10-32-42(39)47(64)57(46(32)63)37-13-14-40(60)52-44(37)62/h7,10-11,23-26,31,37,43,45H,4-6,8-9,12-22,27,50H2,1-3H3,(H,52,60,62)/p+1/b30-25+,51-26?. The third kappa shape index (κ3) is 8.71. The van der Waals surface area contributed by atoms with E-state index in [1.807, 2.05) is 15.9 Å². The van der Waals surface area contributed by atoms with Crippen molar-refractivity contribution < 1.29 is 47.3 Å². The van der Waals surface area contributed by atoms with E-state index in [0.717, 1.165) is 47.4 Å². The van der Waals surface area contributed by atoms with Crippen LogP contribution in [0.5, 0.6) is 5.75 Å². The molecule has 65 heavy (non-hydrogen) atoms. The number of carbonyl (C=O) groups is 6. The van der Waals surface area contributed by atoms with Gasteiger partial charge in [-0.05, 0) is 86.8 Å². The lowest BCUT2D eigenvalue weighted by Gasteiger charge is -2.46. The van der Waals surface area contributed by atoms with E-state index in [9.17, 15) is 37.5 Å². The number of likely N-dealkylation sites (tertiary alicyclic amines) is 1. The first kappa shape index (κ1) is 45.4. The van der Waals surface area contributed by atoms with E-state index in [2.05, 4.69) is 32.3 Å². The quantitative estimate of drug-likeness (QED) is 0.153. The molecule has 2 atom stereocenters. The molecule has 2 aromatic rings. The molecule has 6 aliphatic rings. The normalized spacial score (nSPS) is 22.1. The van der Waals surface area contributed by atoms with Crippen LogP contribution in [0.15, 0.2) is 47.8 Å². The zero-order valence-electron chi connectivity index (χ0n) is 37.2. The van der Waals surface area contributed by atoms with Crippen molar-refractivity contribution in [3.63, 3.8) is 0 Å². The van der Waals surface area contributed by atoms with Crippen LogP contribution < -0.4 is 25.7 Å². The Morgan fingerprint density at radius 3 is 2.46 bits per heavy atom. The number of allylic oxidation sites excluding steroid dienone is 1. The molecule has 2 aromatic carbocycles. The number of alkyl halides is 2. The van der Waals surface area contributed by atoms with Gasteiger partial charge in [0, 0.05) is 101 Å². The van der Waals surface area contributed by atoms with Gasteiger partial charge >= 0.3 is 0 Å². The largest absolute Gasteiger partial charge is 0.493 e. The van der Waals surface area contributed by atoms with Gasteiger partial charge in [0.1, 0.15) is 25.0 Å². The van der Waals surface area contributed by atoms with Crippen LogP contribution in [0, 0.1) is 0 Å². The topological polar surface area (TPSA) is 183 Å². The molecule has 2 fully saturated rings. The Labute approximate surface area is 377 Å². The zero-order valence-corrected chi connectivity index (χ0v) is 37.2. The summed E-state index contributed by atoms with van der Waals surface area (Å²) in [6.45, 7) is 4.75. The summed E-state index contributed by atoms with van der Waals surface area (Å²) in [6, 6.07) is 7.29. The maximum Gasteiger partial charge on any atom is 0.266 e. The van der Waals surface area contributed by atoms with Crippen molar-refractivity contribution in [3.05, 3.63) is 75.6 Å². The first-order valence-corrected chi connectivity index (χ1v) is 22.7. The molecular formula is C47H58F2N9O7+. The summed E-state index contributed by atoms with van der Waals surface area (Å²) in [7, 11) is 3.75. The average Bonchev–Trinajstić information content (AvgIpc) is 3.73. The number of nitrogens with two attached hydrogens (primary N) is 1. The highest BCUT2D eigenvalue weighted by atomic mass is 19.3. The Bertz CT molecular complexity index is 2360. The zero-order chi connectivity index (χ0) is 46.1. The van der Waals surface area contributed by atoms with Crippen LogP contribution in [-0.2, 0) is 25.6 Å². The number of hydrogen-bond donors (Lipinski definition) is 3. The van der Waals surface area contributed by atoms with Crippen molar-refractivity contribution in [1.82, 2.24) is 30.0 Å². The number of piperidine rings is 2. The second kappa shape index (κ2) is 19.1. The number of amides is 6. The van der Waals surface area contributed by atoms with E-state index >= 15 is 0 Å². The molecule has 8 rings (SSSR count). The molecule has 6 heterocycles. The van der Waals surface area contributed by atoms with E-state index in [1.54, 1.807) is 38.4 Å². The Morgan fingerprint density at radius 2 is 1.75 bits per heavy atom. The van der Waals surface area contributed by atoms with Crippen LogP contribution in [0.25, 0.3) is 5.57 Å². The summed E-state index contributed by atoms with van der Waals surface area (Å²) in [5, 5.41) is 6.80. The monoisotopic (exact) mass is 898 g/mol. The first-order chi connectivity index (χ1) is 31.3. The second-order valence-corrected chi connectivity index (χ2v) is 17.6. The van der Waals surface area contributed by atoms with Crippen molar-refractivity contribution in [3.8, 4) is 5.75 Å². The highest BCUT2D eigenvalue weighted by Gasteiger charge is 2.48. The number of ether oxygens (including phenoxy) is 1. The molecule has 0 aliphatic carbocycles.